The van der Waals surface area contributed by atoms with E-state index in [1.54, 1.807) is 12.1 Å². The maximum atomic E-state index is 14.2. The second-order valence-electron chi connectivity index (χ2n) is 8.11. The zero-order chi connectivity index (χ0) is 20.2. The van der Waals surface area contributed by atoms with Crippen LogP contribution in [0.5, 0.6) is 0 Å². The zero-order valence-electron chi connectivity index (χ0n) is 17.1. The molecular formula is C23H29FN4O. The van der Waals surface area contributed by atoms with Crippen molar-refractivity contribution in [2.45, 2.75) is 25.2 Å². The molecule has 1 aromatic heterocycles. The molecule has 2 aliphatic heterocycles. The van der Waals surface area contributed by atoms with Gasteiger partial charge in [-0.15, -0.1) is 0 Å². The third kappa shape index (κ3) is 4.58. The van der Waals surface area contributed by atoms with Crippen molar-refractivity contribution in [2.24, 2.45) is 0 Å². The van der Waals surface area contributed by atoms with Crippen LogP contribution in [0, 0.1) is 5.82 Å². The lowest BCUT2D eigenvalue weighted by Gasteiger charge is -2.33. The van der Waals surface area contributed by atoms with Crippen LogP contribution >= 0.6 is 0 Å². The molecular weight excluding hydrogens is 367 g/mol. The van der Waals surface area contributed by atoms with Crippen LogP contribution in [-0.4, -0.2) is 67.0 Å². The Labute approximate surface area is 172 Å². The lowest BCUT2D eigenvalue weighted by molar-refractivity contribution is 0.0755. The summed E-state index contributed by atoms with van der Waals surface area (Å²) in [7, 11) is 2.12. The van der Waals surface area contributed by atoms with Gasteiger partial charge in [0, 0.05) is 39.3 Å². The zero-order valence-corrected chi connectivity index (χ0v) is 17.1. The van der Waals surface area contributed by atoms with Gasteiger partial charge < -0.3 is 14.7 Å². The number of hydrogen-bond acceptors (Lipinski definition) is 4. The van der Waals surface area contributed by atoms with Gasteiger partial charge in [-0.25, -0.2) is 9.37 Å². The molecule has 154 valence electrons. The molecule has 0 aliphatic carbocycles. The van der Waals surface area contributed by atoms with Crippen LogP contribution < -0.4 is 4.90 Å². The van der Waals surface area contributed by atoms with Crippen molar-refractivity contribution in [3.63, 3.8) is 0 Å². The highest BCUT2D eigenvalue weighted by atomic mass is 19.1. The van der Waals surface area contributed by atoms with Gasteiger partial charge in [0.1, 0.15) is 17.3 Å². The summed E-state index contributed by atoms with van der Waals surface area (Å²) in [5.41, 5.74) is 1.28. The Kier molecular flexibility index (Phi) is 6.09. The van der Waals surface area contributed by atoms with Gasteiger partial charge >= 0.3 is 0 Å². The molecule has 1 amide bonds. The minimum Gasteiger partial charge on any atom is -0.354 e. The number of hydrogen-bond donors (Lipinski definition) is 0. The molecule has 5 nitrogen and oxygen atoms in total. The number of benzene rings is 1. The van der Waals surface area contributed by atoms with Crippen LogP contribution in [-0.2, 0) is 0 Å². The van der Waals surface area contributed by atoms with Crippen LogP contribution in [0.3, 0.4) is 0 Å². The Balaban J connectivity index is 1.43. The Bertz CT molecular complexity index is 850. The number of anilines is 1. The van der Waals surface area contributed by atoms with Gasteiger partial charge in [-0.05, 0) is 56.0 Å². The Morgan fingerprint density at radius 3 is 2.55 bits per heavy atom. The first-order chi connectivity index (χ1) is 14.1. The fourth-order valence-electron chi connectivity index (χ4n) is 4.33. The van der Waals surface area contributed by atoms with Gasteiger partial charge in [-0.3, -0.25) is 4.79 Å². The van der Waals surface area contributed by atoms with Crippen molar-refractivity contribution in [1.82, 2.24) is 14.8 Å². The molecule has 0 bridgehead atoms. The Morgan fingerprint density at radius 1 is 0.966 bits per heavy atom. The third-order valence-corrected chi connectivity index (χ3v) is 6.14. The quantitative estimate of drug-likeness (QED) is 0.797. The van der Waals surface area contributed by atoms with E-state index in [4.69, 9.17) is 0 Å². The molecule has 1 atom stereocenters. The van der Waals surface area contributed by atoms with E-state index >= 15 is 0 Å². The molecule has 2 aliphatic rings. The van der Waals surface area contributed by atoms with Crippen molar-refractivity contribution in [3.05, 3.63) is 59.5 Å². The standard InChI is InChI=1S/C23H29FN4O/c1-26-14-16-27(17-15-26)22-10-4-9-21(25-22)23(29)28-12-5-6-18(11-13-28)19-7-2-3-8-20(19)24/h2-4,7-10,18H,5-6,11-17H2,1H3. The molecule has 0 radical (unpaired) electrons. The van der Waals surface area contributed by atoms with E-state index in [0.29, 0.717) is 18.8 Å². The Hall–Kier alpha value is -2.47. The first-order valence-corrected chi connectivity index (χ1v) is 10.6. The van der Waals surface area contributed by atoms with Crippen molar-refractivity contribution < 1.29 is 9.18 Å². The smallest absolute Gasteiger partial charge is 0.272 e. The van der Waals surface area contributed by atoms with Crippen LogP contribution in [0.25, 0.3) is 0 Å². The van der Waals surface area contributed by atoms with E-state index in [1.807, 2.05) is 29.2 Å². The summed E-state index contributed by atoms with van der Waals surface area (Å²) in [6.45, 7) is 5.19. The summed E-state index contributed by atoms with van der Waals surface area (Å²) in [6, 6.07) is 12.7. The van der Waals surface area contributed by atoms with Crippen molar-refractivity contribution in [1.29, 1.82) is 0 Å². The molecule has 0 N–H and O–H groups in total. The normalized spacial score (nSPS) is 21.1. The maximum Gasteiger partial charge on any atom is 0.272 e. The van der Waals surface area contributed by atoms with E-state index in [2.05, 4.69) is 21.8 Å². The van der Waals surface area contributed by atoms with Gasteiger partial charge in [0.2, 0.25) is 0 Å². The molecule has 2 aromatic rings. The predicted molar refractivity (Wildman–Crippen MR) is 113 cm³/mol. The maximum absolute atomic E-state index is 14.2. The van der Waals surface area contributed by atoms with E-state index in [-0.39, 0.29) is 17.6 Å². The van der Waals surface area contributed by atoms with Gasteiger partial charge in [-0.1, -0.05) is 24.3 Å². The van der Waals surface area contributed by atoms with Crippen LogP contribution in [0.1, 0.15) is 41.2 Å². The number of likely N-dealkylation sites (tertiary alicyclic amines) is 1. The second-order valence-corrected chi connectivity index (χ2v) is 8.11. The van der Waals surface area contributed by atoms with E-state index in [0.717, 1.165) is 56.8 Å². The minimum atomic E-state index is -0.140. The molecule has 2 saturated heterocycles. The number of pyridine rings is 1. The topological polar surface area (TPSA) is 39.7 Å². The van der Waals surface area contributed by atoms with Crippen LogP contribution in [0.4, 0.5) is 10.2 Å². The average molecular weight is 397 g/mol. The van der Waals surface area contributed by atoms with Gasteiger partial charge in [-0.2, -0.15) is 0 Å². The number of amides is 1. The largest absolute Gasteiger partial charge is 0.354 e. The number of rotatable bonds is 3. The average Bonchev–Trinajstić information content (AvgIpc) is 3.00. The Morgan fingerprint density at radius 2 is 1.76 bits per heavy atom. The number of halogens is 1. The molecule has 3 heterocycles. The van der Waals surface area contributed by atoms with Crippen molar-refractivity contribution in [3.8, 4) is 0 Å². The summed E-state index contributed by atoms with van der Waals surface area (Å²) in [6.07, 6.45) is 2.56. The fraction of sp³-hybridized carbons (Fsp3) is 0.478. The minimum absolute atomic E-state index is 0.0184. The predicted octanol–water partition coefficient (Wildman–Crippen LogP) is 3.38. The summed E-state index contributed by atoms with van der Waals surface area (Å²) >= 11 is 0. The molecule has 1 aromatic carbocycles. The van der Waals surface area contributed by atoms with Crippen molar-refractivity contribution in [2.75, 3.05) is 51.2 Å². The molecule has 2 fully saturated rings. The molecule has 4 rings (SSSR count). The lowest BCUT2D eigenvalue weighted by atomic mass is 9.92. The van der Waals surface area contributed by atoms with Gasteiger partial charge in [0.05, 0.1) is 0 Å². The highest BCUT2D eigenvalue weighted by Crippen LogP contribution is 2.30. The summed E-state index contributed by atoms with van der Waals surface area (Å²) in [5.74, 6) is 0.885. The number of likely N-dealkylation sites (N-methyl/N-ethyl adjacent to an activating group) is 1. The number of aromatic nitrogens is 1. The SMILES string of the molecule is CN1CCN(c2cccc(C(=O)N3CCCC(c4ccccc4F)CC3)n2)CC1. The third-order valence-electron chi connectivity index (χ3n) is 6.14. The van der Waals surface area contributed by atoms with Crippen LogP contribution in [0.2, 0.25) is 0 Å². The fourth-order valence-corrected chi connectivity index (χ4v) is 4.33. The molecule has 29 heavy (non-hydrogen) atoms. The molecule has 0 spiro atoms. The molecule has 0 saturated carbocycles. The molecule has 1 unspecified atom stereocenters. The number of carbonyl (C=O) groups is 1. The first-order valence-electron chi connectivity index (χ1n) is 10.6. The van der Waals surface area contributed by atoms with Crippen molar-refractivity contribution >= 4 is 11.7 Å². The monoisotopic (exact) mass is 396 g/mol. The summed E-state index contributed by atoms with van der Waals surface area (Å²) in [4.78, 5) is 24.2. The highest BCUT2D eigenvalue weighted by molar-refractivity contribution is 5.92. The summed E-state index contributed by atoms with van der Waals surface area (Å²) in [5, 5.41) is 0. The van der Waals surface area contributed by atoms with Gasteiger partial charge in [0.25, 0.3) is 5.91 Å². The van der Waals surface area contributed by atoms with Crippen LogP contribution in [0.15, 0.2) is 42.5 Å². The number of carbonyl (C=O) groups excluding carboxylic acids is 1. The summed E-state index contributed by atoms with van der Waals surface area (Å²) < 4.78 is 14.2. The van der Waals surface area contributed by atoms with E-state index in [1.165, 1.54) is 6.07 Å². The molecule has 6 heteroatoms. The highest BCUT2D eigenvalue weighted by Gasteiger charge is 2.25. The van der Waals surface area contributed by atoms with E-state index < -0.39 is 0 Å². The number of piperazine rings is 1. The lowest BCUT2D eigenvalue weighted by Crippen LogP contribution is -2.45. The number of nitrogens with zero attached hydrogens (tertiary/aromatic N) is 4. The second kappa shape index (κ2) is 8.91. The van der Waals surface area contributed by atoms with Gasteiger partial charge in [0.15, 0.2) is 0 Å². The first kappa shape index (κ1) is 19.8. The van der Waals surface area contributed by atoms with E-state index in [9.17, 15) is 9.18 Å².